The molecule has 0 spiro atoms. The smallest absolute Gasteiger partial charge is 0.408 e. The summed E-state index contributed by atoms with van der Waals surface area (Å²) in [5.41, 5.74) is 0.143. The van der Waals surface area contributed by atoms with Crippen molar-refractivity contribution in [3.8, 4) is 0 Å². The summed E-state index contributed by atoms with van der Waals surface area (Å²) >= 11 is 0. The molecule has 0 aliphatic heterocycles. The van der Waals surface area contributed by atoms with Crippen molar-refractivity contribution in [2.75, 3.05) is 0 Å². The number of nitrogens with zero attached hydrogens (tertiary/aromatic N) is 1. The Kier molecular flexibility index (Phi) is 8.60. The summed E-state index contributed by atoms with van der Waals surface area (Å²) in [6, 6.07) is 0.604. The second-order valence-electron chi connectivity index (χ2n) is 11.3. The molecule has 34 heavy (non-hydrogen) atoms. The fourth-order valence-electron chi connectivity index (χ4n) is 5.80. The summed E-state index contributed by atoms with van der Waals surface area (Å²) in [4.78, 5) is 13.6. The van der Waals surface area contributed by atoms with Gasteiger partial charge in [0.2, 0.25) is 0 Å². The predicted octanol–water partition coefficient (Wildman–Crippen LogP) is 8.20. The van der Waals surface area contributed by atoms with Gasteiger partial charge in [-0.15, -0.1) is 0 Å². The fraction of sp³-hybridized carbons (Fsp3) is 0.654. The van der Waals surface area contributed by atoms with Crippen molar-refractivity contribution in [2.45, 2.75) is 109 Å². The Morgan fingerprint density at radius 1 is 1.00 bits per heavy atom. The summed E-state index contributed by atoms with van der Waals surface area (Å²) < 4.78 is 49.4. The number of benzene rings is 1. The lowest BCUT2D eigenvalue weighted by atomic mass is 9.80. The van der Waals surface area contributed by atoms with Gasteiger partial charge in [-0.1, -0.05) is 41.5 Å². The summed E-state index contributed by atoms with van der Waals surface area (Å²) in [5.74, 6) is -3.25. The molecule has 0 fully saturated rings. The van der Waals surface area contributed by atoms with E-state index in [1.165, 1.54) is 4.90 Å². The maximum atomic E-state index is 14.8. The Hall–Kier alpha value is -1.96. The van der Waals surface area contributed by atoms with Gasteiger partial charge in [-0.05, 0) is 61.5 Å². The number of allylic oxidation sites excluding steroid dienone is 1. The molecule has 0 unspecified atom stereocenters. The van der Waals surface area contributed by atoms with E-state index in [0.29, 0.717) is 41.3 Å². The minimum Gasteiger partial charge on any atom is -0.546 e. The number of carbonyl (C=O) groups is 1. The van der Waals surface area contributed by atoms with E-state index in [2.05, 4.69) is 41.5 Å². The van der Waals surface area contributed by atoms with Crippen LogP contribution in [0.15, 0.2) is 24.0 Å². The molecule has 0 aromatic heterocycles. The Balaban J connectivity index is 2.66. The third kappa shape index (κ3) is 5.47. The standard InChI is InChI=1S/C26H40F3NO3Si/c1-15(2)34(16(3)4,17(5)6)33-18-10-11-19(20-13-22(28)23(29)14-21(20)27)24(12-18)30(25(31)32)26(7,8)9/h12-17,19,24H,10-11H2,1-9H3,(H,31,32)/t19-,24+/m1/s1. The van der Waals surface area contributed by atoms with E-state index < -0.39 is 49.4 Å². The van der Waals surface area contributed by atoms with Crippen LogP contribution in [-0.4, -0.2) is 36.0 Å². The first kappa shape index (κ1) is 28.3. The van der Waals surface area contributed by atoms with Crippen molar-refractivity contribution >= 4 is 14.4 Å². The normalized spacial score (nSPS) is 19.6. The summed E-state index contributed by atoms with van der Waals surface area (Å²) in [7, 11) is -2.30. The highest BCUT2D eigenvalue weighted by Crippen LogP contribution is 2.46. The summed E-state index contributed by atoms with van der Waals surface area (Å²) in [6.07, 6.45) is 1.45. The highest BCUT2D eigenvalue weighted by Gasteiger charge is 2.48. The van der Waals surface area contributed by atoms with Crippen LogP contribution in [0, 0.1) is 17.5 Å². The molecule has 1 aromatic carbocycles. The molecular weight excluding hydrogens is 459 g/mol. The Bertz CT molecular complexity index is 903. The largest absolute Gasteiger partial charge is 0.546 e. The molecule has 1 amide bonds. The zero-order chi connectivity index (χ0) is 26.2. The van der Waals surface area contributed by atoms with Gasteiger partial charge in [0.25, 0.3) is 8.32 Å². The minimum absolute atomic E-state index is 0.0187. The fourth-order valence-corrected chi connectivity index (χ4v) is 11.1. The number of halogens is 3. The molecule has 1 N–H and O–H groups in total. The number of rotatable bonds is 7. The third-order valence-electron chi connectivity index (χ3n) is 7.15. The summed E-state index contributed by atoms with van der Waals surface area (Å²) in [6.45, 7) is 18.3. The van der Waals surface area contributed by atoms with E-state index in [1.54, 1.807) is 26.8 Å². The van der Waals surface area contributed by atoms with Crippen LogP contribution in [0.4, 0.5) is 18.0 Å². The van der Waals surface area contributed by atoms with Crippen molar-refractivity contribution < 1.29 is 27.5 Å². The van der Waals surface area contributed by atoms with Crippen molar-refractivity contribution in [1.82, 2.24) is 4.90 Å². The van der Waals surface area contributed by atoms with Crippen molar-refractivity contribution in [3.63, 3.8) is 0 Å². The molecule has 0 radical (unpaired) electrons. The quantitative estimate of drug-likeness (QED) is 0.304. The van der Waals surface area contributed by atoms with Crippen molar-refractivity contribution in [2.24, 2.45) is 0 Å². The highest BCUT2D eigenvalue weighted by atomic mass is 28.4. The lowest BCUT2D eigenvalue weighted by Gasteiger charge is -2.47. The Morgan fingerprint density at radius 2 is 1.50 bits per heavy atom. The SMILES string of the molecule is CC(C)[Si](OC1=C[C@H](N(C(=O)O)C(C)(C)C)[C@@H](c2cc(F)c(F)cc2F)CC1)(C(C)C)C(C)C. The first-order valence-electron chi connectivity index (χ1n) is 12.1. The lowest BCUT2D eigenvalue weighted by molar-refractivity contribution is 0.0697. The average molecular weight is 500 g/mol. The average Bonchev–Trinajstić information content (AvgIpc) is 2.67. The van der Waals surface area contributed by atoms with Gasteiger partial charge in [0, 0.05) is 23.9 Å². The van der Waals surface area contributed by atoms with Crippen LogP contribution in [0.3, 0.4) is 0 Å². The topological polar surface area (TPSA) is 49.8 Å². The van der Waals surface area contributed by atoms with Gasteiger partial charge in [0.05, 0.1) is 11.8 Å². The van der Waals surface area contributed by atoms with Gasteiger partial charge in [0.15, 0.2) is 11.6 Å². The van der Waals surface area contributed by atoms with Gasteiger partial charge in [-0.2, -0.15) is 0 Å². The zero-order valence-corrected chi connectivity index (χ0v) is 22.9. The monoisotopic (exact) mass is 499 g/mol. The van der Waals surface area contributed by atoms with Crippen LogP contribution in [0.25, 0.3) is 0 Å². The van der Waals surface area contributed by atoms with Gasteiger partial charge in [-0.3, -0.25) is 4.90 Å². The molecule has 0 bridgehead atoms. The summed E-state index contributed by atoms with van der Waals surface area (Å²) in [5, 5.41) is 10.1. The van der Waals surface area contributed by atoms with E-state index in [0.717, 1.165) is 6.07 Å². The molecule has 1 aromatic rings. The molecule has 2 rings (SSSR count). The lowest BCUT2D eigenvalue weighted by Crippen LogP contribution is -2.54. The maximum absolute atomic E-state index is 14.8. The maximum Gasteiger partial charge on any atom is 0.408 e. The molecule has 8 heteroatoms. The van der Waals surface area contributed by atoms with Gasteiger partial charge < -0.3 is 9.53 Å². The Labute approximate surface area is 203 Å². The highest BCUT2D eigenvalue weighted by molar-refractivity contribution is 6.77. The number of hydrogen-bond donors (Lipinski definition) is 1. The molecule has 0 saturated heterocycles. The van der Waals surface area contributed by atoms with Crippen molar-refractivity contribution in [1.29, 1.82) is 0 Å². The van der Waals surface area contributed by atoms with E-state index in [-0.39, 0.29) is 5.56 Å². The first-order valence-corrected chi connectivity index (χ1v) is 14.2. The third-order valence-corrected chi connectivity index (χ3v) is 13.2. The number of hydrogen-bond acceptors (Lipinski definition) is 2. The molecule has 1 aliphatic rings. The van der Waals surface area contributed by atoms with E-state index in [1.807, 2.05) is 0 Å². The van der Waals surface area contributed by atoms with E-state index >= 15 is 0 Å². The van der Waals surface area contributed by atoms with Crippen LogP contribution in [0.2, 0.25) is 16.6 Å². The van der Waals surface area contributed by atoms with Crippen LogP contribution < -0.4 is 0 Å². The first-order chi connectivity index (χ1) is 15.5. The van der Waals surface area contributed by atoms with Gasteiger partial charge >= 0.3 is 6.09 Å². The zero-order valence-electron chi connectivity index (χ0n) is 21.9. The molecular formula is C26H40F3NO3Si. The molecule has 0 saturated carbocycles. The van der Waals surface area contributed by atoms with Crippen molar-refractivity contribution in [3.05, 3.63) is 47.0 Å². The molecule has 1 aliphatic carbocycles. The van der Waals surface area contributed by atoms with Crippen LogP contribution >= 0.6 is 0 Å². The number of amides is 1. The van der Waals surface area contributed by atoms with Gasteiger partial charge in [-0.25, -0.2) is 18.0 Å². The molecule has 0 heterocycles. The minimum atomic E-state index is -2.30. The number of carboxylic acid groups (broad SMARTS) is 1. The molecule has 4 nitrogen and oxygen atoms in total. The van der Waals surface area contributed by atoms with Crippen LogP contribution in [0.1, 0.15) is 86.6 Å². The van der Waals surface area contributed by atoms with Gasteiger partial charge in [0.1, 0.15) is 5.82 Å². The predicted molar refractivity (Wildman–Crippen MR) is 132 cm³/mol. The van der Waals surface area contributed by atoms with Crippen LogP contribution in [-0.2, 0) is 4.43 Å². The second-order valence-corrected chi connectivity index (χ2v) is 16.7. The Morgan fingerprint density at radius 3 is 1.94 bits per heavy atom. The van der Waals surface area contributed by atoms with E-state index in [4.69, 9.17) is 4.43 Å². The molecule has 192 valence electrons. The molecule has 2 atom stereocenters. The van der Waals surface area contributed by atoms with Crippen LogP contribution in [0.5, 0.6) is 0 Å². The van der Waals surface area contributed by atoms with E-state index in [9.17, 15) is 23.1 Å². The second kappa shape index (κ2) is 10.3.